The van der Waals surface area contributed by atoms with Gasteiger partial charge in [0.15, 0.2) is 5.69 Å². The number of benzene rings is 1. The quantitative estimate of drug-likeness (QED) is 0.647. The fourth-order valence-electron chi connectivity index (χ4n) is 5.71. The van der Waals surface area contributed by atoms with Crippen LogP contribution in [0.25, 0.3) is 5.69 Å². The Labute approximate surface area is 162 Å². The molecule has 6 rings (SSSR count). The fraction of sp³-hybridized carbons (Fsp3) is 0.524. The molecular formula is C21H23BrN2O2. The number of esters is 1. The Hall–Kier alpha value is -1.62. The van der Waals surface area contributed by atoms with Gasteiger partial charge in [-0.25, -0.2) is 9.48 Å². The molecule has 1 aromatic heterocycles. The number of hydrogen-bond donors (Lipinski definition) is 0. The first-order valence-corrected chi connectivity index (χ1v) is 10.5. The standard InChI is InChI=1S/C21H23BrN2O2/c1-2-26-21(25)19-18-14-8-12-7-13(9-14)11-15(10-12)20(18)24(23-19)17-6-4-3-5-16(17)22/h3-6,12-15H,2,7-11H2,1H3. The molecular weight excluding hydrogens is 392 g/mol. The third-order valence-corrected chi connectivity index (χ3v) is 7.11. The highest BCUT2D eigenvalue weighted by Gasteiger charge is 2.46. The van der Waals surface area contributed by atoms with Crippen molar-refractivity contribution in [3.8, 4) is 5.69 Å². The number of carbonyl (C=O) groups excluding carboxylic acids is 1. The maximum absolute atomic E-state index is 12.7. The Balaban J connectivity index is 1.74. The minimum absolute atomic E-state index is 0.268. The summed E-state index contributed by atoms with van der Waals surface area (Å²) < 4.78 is 8.42. The zero-order valence-corrected chi connectivity index (χ0v) is 16.5. The number of carbonyl (C=O) groups is 1. The van der Waals surface area contributed by atoms with Crippen molar-refractivity contribution < 1.29 is 9.53 Å². The van der Waals surface area contributed by atoms with E-state index in [1.807, 2.05) is 29.8 Å². The molecule has 2 fully saturated rings. The van der Waals surface area contributed by atoms with Crippen molar-refractivity contribution in [3.05, 3.63) is 45.7 Å². The van der Waals surface area contributed by atoms with Gasteiger partial charge in [0.1, 0.15) is 0 Å². The smallest absolute Gasteiger partial charge is 0.359 e. The summed E-state index contributed by atoms with van der Waals surface area (Å²) in [4.78, 5) is 12.7. The zero-order chi connectivity index (χ0) is 17.8. The Kier molecular flexibility index (Phi) is 3.96. The molecule has 0 aliphatic heterocycles. The van der Waals surface area contributed by atoms with E-state index in [1.54, 1.807) is 0 Å². The van der Waals surface area contributed by atoms with Gasteiger partial charge in [0.05, 0.1) is 18.0 Å². The first-order chi connectivity index (χ1) is 12.7. The summed E-state index contributed by atoms with van der Waals surface area (Å²) in [6, 6.07) is 8.14. The lowest BCUT2D eigenvalue weighted by molar-refractivity contribution is 0.0515. The van der Waals surface area contributed by atoms with Crippen LogP contribution in [0.4, 0.5) is 0 Å². The van der Waals surface area contributed by atoms with Crippen molar-refractivity contribution >= 4 is 21.9 Å². The first-order valence-electron chi connectivity index (χ1n) is 9.70. The van der Waals surface area contributed by atoms with E-state index < -0.39 is 0 Å². The van der Waals surface area contributed by atoms with E-state index in [1.165, 1.54) is 43.4 Å². The normalized spacial score (nSPS) is 28.7. The van der Waals surface area contributed by atoms with Crippen LogP contribution in [0.1, 0.15) is 72.6 Å². The van der Waals surface area contributed by atoms with Gasteiger partial charge < -0.3 is 4.74 Å². The lowest BCUT2D eigenvalue weighted by atomic mass is 9.67. The van der Waals surface area contributed by atoms with E-state index in [-0.39, 0.29) is 5.97 Å². The Bertz CT molecular complexity index is 861. The van der Waals surface area contributed by atoms with Crippen LogP contribution in [0.5, 0.6) is 0 Å². The molecule has 2 unspecified atom stereocenters. The highest BCUT2D eigenvalue weighted by atomic mass is 79.9. The van der Waals surface area contributed by atoms with E-state index in [0.29, 0.717) is 24.1 Å². The van der Waals surface area contributed by atoms with Gasteiger partial charge in [0.25, 0.3) is 0 Å². The second kappa shape index (κ2) is 6.22. The second-order valence-electron chi connectivity index (χ2n) is 8.04. The van der Waals surface area contributed by atoms with Crippen molar-refractivity contribution in [1.82, 2.24) is 9.78 Å². The van der Waals surface area contributed by atoms with Gasteiger partial charge >= 0.3 is 5.97 Å². The van der Waals surface area contributed by atoms with Gasteiger partial charge in [-0.1, -0.05) is 12.1 Å². The molecule has 4 aliphatic carbocycles. The summed E-state index contributed by atoms with van der Waals surface area (Å²) in [5, 5.41) is 4.82. The summed E-state index contributed by atoms with van der Waals surface area (Å²) in [6.45, 7) is 2.24. The average molecular weight is 415 g/mol. The van der Waals surface area contributed by atoms with Crippen LogP contribution in [0.3, 0.4) is 0 Å². The van der Waals surface area contributed by atoms with Crippen LogP contribution in [0.15, 0.2) is 28.7 Å². The van der Waals surface area contributed by atoms with Crippen molar-refractivity contribution in [3.63, 3.8) is 0 Å². The van der Waals surface area contributed by atoms with Gasteiger partial charge in [0.2, 0.25) is 0 Å². The summed E-state index contributed by atoms with van der Waals surface area (Å²) in [5.74, 6) is 2.29. The number of ether oxygens (including phenoxy) is 1. The molecule has 0 amide bonds. The molecule has 2 atom stereocenters. The van der Waals surface area contributed by atoms with Crippen LogP contribution in [0.2, 0.25) is 0 Å². The highest BCUT2D eigenvalue weighted by molar-refractivity contribution is 9.10. The maximum Gasteiger partial charge on any atom is 0.359 e. The molecule has 0 radical (unpaired) electrons. The van der Waals surface area contributed by atoms with Gasteiger partial charge in [-0.2, -0.15) is 5.10 Å². The monoisotopic (exact) mass is 414 g/mol. The third-order valence-electron chi connectivity index (χ3n) is 6.44. The van der Waals surface area contributed by atoms with Gasteiger partial charge in [-0.05, 0) is 84.8 Å². The van der Waals surface area contributed by atoms with E-state index in [2.05, 4.69) is 22.0 Å². The number of para-hydroxylation sites is 1. The minimum atomic E-state index is -0.268. The van der Waals surface area contributed by atoms with Crippen LogP contribution >= 0.6 is 15.9 Å². The molecule has 4 bridgehead atoms. The largest absolute Gasteiger partial charge is 0.461 e. The summed E-state index contributed by atoms with van der Waals surface area (Å²) in [6.07, 6.45) is 6.24. The molecule has 136 valence electrons. The van der Waals surface area contributed by atoms with Crippen molar-refractivity contribution in [2.75, 3.05) is 6.61 Å². The van der Waals surface area contributed by atoms with E-state index in [4.69, 9.17) is 9.84 Å². The SMILES string of the molecule is CCOC(=O)c1nn(-c2ccccc2Br)c2c1C1CC3CC(C1)CC2C3. The maximum atomic E-state index is 12.7. The van der Waals surface area contributed by atoms with Gasteiger partial charge in [0, 0.05) is 16.0 Å². The number of rotatable bonds is 3. The highest BCUT2D eigenvalue weighted by Crippen LogP contribution is 2.57. The lowest BCUT2D eigenvalue weighted by Gasteiger charge is -2.38. The van der Waals surface area contributed by atoms with Crippen LogP contribution in [-0.4, -0.2) is 22.4 Å². The van der Waals surface area contributed by atoms with Crippen LogP contribution in [0, 0.1) is 11.8 Å². The molecule has 1 aromatic carbocycles. The topological polar surface area (TPSA) is 44.1 Å². The molecule has 4 aliphatic rings. The van der Waals surface area contributed by atoms with Gasteiger partial charge in [-0.3, -0.25) is 0 Å². The second-order valence-corrected chi connectivity index (χ2v) is 8.89. The number of nitrogens with zero attached hydrogens (tertiary/aromatic N) is 2. The van der Waals surface area contributed by atoms with Crippen molar-refractivity contribution in [2.24, 2.45) is 11.8 Å². The van der Waals surface area contributed by atoms with Crippen LogP contribution in [-0.2, 0) is 4.74 Å². The molecule has 2 aromatic rings. The number of halogens is 1. The zero-order valence-electron chi connectivity index (χ0n) is 15.0. The predicted molar refractivity (Wildman–Crippen MR) is 103 cm³/mol. The van der Waals surface area contributed by atoms with E-state index in [0.717, 1.165) is 22.0 Å². The minimum Gasteiger partial charge on any atom is -0.461 e. The van der Waals surface area contributed by atoms with Crippen molar-refractivity contribution in [2.45, 2.75) is 50.9 Å². The van der Waals surface area contributed by atoms with E-state index >= 15 is 0 Å². The molecule has 2 saturated carbocycles. The Morgan fingerprint density at radius 3 is 2.54 bits per heavy atom. The molecule has 0 saturated heterocycles. The van der Waals surface area contributed by atoms with Gasteiger partial charge in [-0.15, -0.1) is 0 Å². The molecule has 26 heavy (non-hydrogen) atoms. The summed E-state index contributed by atoms with van der Waals surface area (Å²) >= 11 is 3.67. The molecule has 0 spiro atoms. The summed E-state index contributed by atoms with van der Waals surface area (Å²) in [7, 11) is 0. The average Bonchev–Trinajstić information content (AvgIpc) is 2.93. The Morgan fingerprint density at radius 2 is 1.85 bits per heavy atom. The van der Waals surface area contributed by atoms with E-state index in [9.17, 15) is 4.79 Å². The van der Waals surface area contributed by atoms with Crippen LogP contribution < -0.4 is 0 Å². The number of aromatic nitrogens is 2. The predicted octanol–water partition coefficient (Wildman–Crippen LogP) is 5.20. The number of hydrogen-bond acceptors (Lipinski definition) is 3. The fourth-order valence-corrected chi connectivity index (χ4v) is 6.16. The lowest BCUT2D eigenvalue weighted by Crippen LogP contribution is -2.27. The Morgan fingerprint density at radius 1 is 1.15 bits per heavy atom. The molecule has 0 N–H and O–H groups in total. The third kappa shape index (κ3) is 2.47. The summed E-state index contributed by atoms with van der Waals surface area (Å²) in [5.41, 5.74) is 4.03. The van der Waals surface area contributed by atoms with Crippen molar-refractivity contribution in [1.29, 1.82) is 0 Å². The molecule has 5 heteroatoms. The molecule has 4 nitrogen and oxygen atoms in total. The first kappa shape index (κ1) is 16.5. The molecule has 1 heterocycles.